The van der Waals surface area contributed by atoms with E-state index in [0.29, 0.717) is 12.8 Å². The molecule has 1 saturated heterocycles. The van der Waals surface area contributed by atoms with E-state index >= 15 is 0 Å². The zero-order valence-corrected chi connectivity index (χ0v) is 16.0. The van der Waals surface area contributed by atoms with Crippen LogP contribution >= 0.6 is 11.8 Å². The van der Waals surface area contributed by atoms with Crippen molar-refractivity contribution in [3.63, 3.8) is 0 Å². The highest BCUT2D eigenvalue weighted by molar-refractivity contribution is 8.00. The first-order valence-electron chi connectivity index (χ1n) is 8.89. The zero-order valence-electron chi connectivity index (χ0n) is 15.2. The number of aliphatic hydroxyl groups excluding tert-OH is 2. The van der Waals surface area contributed by atoms with Crippen LogP contribution in [0, 0.1) is 6.92 Å². The van der Waals surface area contributed by atoms with Gasteiger partial charge in [0.1, 0.15) is 11.5 Å². The minimum Gasteiger partial charge on any atom is -0.508 e. The van der Waals surface area contributed by atoms with Crippen LogP contribution in [0.15, 0.2) is 36.4 Å². The maximum Gasteiger partial charge on any atom is 0.120 e. The predicted octanol–water partition coefficient (Wildman–Crippen LogP) is 3.59. The molecule has 1 aliphatic heterocycles. The SMILES string of the molecule is COc1ccc(Cc2cc(C3CC(O)CC(CO)S3)c(O)cc2C)cc1. The van der Waals surface area contributed by atoms with E-state index in [1.807, 2.05) is 37.3 Å². The molecule has 26 heavy (non-hydrogen) atoms. The minimum absolute atomic E-state index is 0.00822. The smallest absolute Gasteiger partial charge is 0.120 e. The fourth-order valence-corrected chi connectivity index (χ4v) is 5.03. The summed E-state index contributed by atoms with van der Waals surface area (Å²) in [7, 11) is 1.65. The number of methoxy groups -OCH3 is 1. The molecule has 5 heteroatoms. The Morgan fingerprint density at radius 3 is 2.54 bits per heavy atom. The van der Waals surface area contributed by atoms with Crippen LogP contribution in [0.2, 0.25) is 0 Å². The molecular weight excluding hydrogens is 348 g/mol. The second-order valence-corrected chi connectivity index (χ2v) is 8.42. The summed E-state index contributed by atoms with van der Waals surface area (Å²) in [5.41, 5.74) is 4.22. The van der Waals surface area contributed by atoms with Crippen LogP contribution in [-0.4, -0.2) is 40.4 Å². The van der Waals surface area contributed by atoms with Crippen molar-refractivity contribution >= 4 is 11.8 Å². The van der Waals surface area contributed by atoms with Crippen molar-refractivity contribution < 1.29 is 20.1 Å². The Morgan fingerprint density at radius 1 is 1.15 bits per heavy atom. The van der Waals surface area contributed by atoms with Crippen molar-refractivity contribution in [1.82, 2.24) is 0 Å². The van der Waals surface area contributed by atoms with Crippen molar-refractivity contribution in [3.05, 3.63) is 58.7 Å². The van der Waals surface area contributed by atoms with E-state index in [-0.39, 0.29) is 22.9 Å². The topological polar surface area (TPSA) is 69.9 Å². The summed E-state index contributed by atoms with van der Waals surface area (Å²) in [6, 6.07) is 11.9. The second-order valence-electron chi connectivity index (χ2n) is 6.92. The molecule has 0 saturated carbocycles. The van der Waals surface area contributed by atoms with E-state index in [1.54, 1.807) is 18.9 Å². The number of hydrogen-bond donors (Lipinski definition) is 3. The van der Waals surface area contributed by atoms with Gasteiger partial charge in [-0.15, -0.1) is 11.8 Å². The third kappa shape index (κ3) is 4.34. The fourth-order valence-electron chi connectivity index (χ4n) is 3.48. The number of phenols is 1. The highest BCUT2D eigenvalue weighted by Gasteiger charge is 2.30. The highest BCUT2D eigenvalue weighted by Crippen LogP contribution is 2.46. The van der Waals surface area contributed by atoms with Gasteiger partial charge in [-0.3, -0.25) is 0 Å². The Labute approximate surface area is 158 Å². The van der Waals surface area contributed by atoms with E-state index in [0.717, 1.165) is 28.9 Å². The normalized spacial score (nSPS) is 23.0. The molecular formula is C21H26O4S. The molecule has 0 aromatic heterocycles. The van der Waals surface area contributed by atoms with Gasteiger partial charge >= 0.3 is 0 Å². The van der Waals surface area contributed by atoms with E-state index in [9.17, 15) is 15.3 Å². The van der Waals surface area contributed by atoms with Gasteiger partial charge < -0.3 is 20.1 Å². The predicted molar refractivity (Wildman–Crippen MR) is 105 cm³/mol. The molecule has 0 bridgehead atoms. The highest BCUT2D eigenvalue weighted by atomic mass is 32.2. The summed E-state index contributed by atoms with van der Waals surface area (Å²) in [6.07, 6.45) is 1.53. The van der Waals surface area contributed by atoms with Gasteiger partial charge in [0, 0.05) is 16.1 Å². The number of ether oxygens (including phenoxy) is 1. The van der Waals surface area contributed by atoms with E-state index in [1.165, 1.54) is 5.56 Å². The first-order chi connectivity index (χ1) is 12.5. The first-order valence-corrected chi connectivity index (χ1v) is 9.84. The second kappa shape index (κ2) is 8.33. The van der Waals surface area contributed by atoms with Crippen LogP contribution in [0.4, 0.5) is 0 Å². The van der Waals surface area contributed by atoms with Crippen LogP contribution in [-0.2, 0) is 6.42 Å². The number of phenolic OH excluding ortho intramolecular Hbond substituents is 1. The molecule has 2 aromatic rings. The maximum absolute atomic E-state index is 10.5. The van der Waals surface area contributed by atoms with E-state index in [2.05, 4.69) is 6.07 Å². The number of aryl methyl sites for hydroxylation is 1. The van der Waals surface area contributed by atoms with Gasteiger partial charge in [0.25, 0.3) is 0 Å². The standard InChI is InChI=1S/C21H26O4S/c1-13-7-20(24)19(21-11-16(23)10-18(12-22)26-21)9-15(13)8-14-3-5-17(25-2)6-4-14/h3-7,9,16,18,21-24H,8,10-12H2,1-2H3. The summed E-state index contributed by atoms with van der Waals surface area (Å²) in [4.78, 5) is 0. The monoisotopic (exact) mass is 374 g/mol. The molecule has 1 fully saturated rings. The van der Waals surface area contributed by atoms with Crippen molar-refractivity contribution in [2.75, 3.05) is 13.7 Å². The van der Waals surface area contributed by atoms with Crippen LogP contribution in [0.25, 0.3) is 0 Å². The van der Waals surface area contributed by atoms with Gasteiger partial charge in [-0.05, 0) is 61.1 Å². The summed E-state index contributed by atoms with van der Waals surface area (Å²) in [5, 5.41) is 30.1. The molecule has 4 nitrogen and oxygen atoms in total. The van der Waals surface area contributed by atoms with Crippen molar-refractivity contribution in [2.45, 2.75) is 42.8 Å². The Balaban J connectivity index is 1.86. The van der Waals surface area contributed by atoms with Crippen LogP contribution in [0.3, 0.4) is 0 Å². The zero-order chi connectivity index (χ0) is 18.7. The first kappa shape index (κ1) is 19.1. The Bertz CT molecular complexity index is 744. The van der Waals surface area contributed by atoms with E-state index < -0.39 is 6.10 Å². The summed E-state index contributed by atoms with van der Waals surface area (Å²) < 4.78 is 5.21. The molecule has 0 aliphatic carbocycles. The molecule has 3 unspecified atom stereocenters. The molecule has 140 valence electrons. The van der Waals surface area contributed by atoms with Crippen LogP contribution in [0.5, 0.6) is 11.5 Å². The lowest BCUT2D eigenvalue weighted by atomic mass is 9.94. The summed E-state index contributed by atoms with van der Waals surface area (Å²) in [5.74, 6) is 1.10. The summed E-state index contributed by atoms with van der Waals surface area (Å²) >= 11 is 1.64. The molecule has 0 spiro atoms. The van der Waals surface area contributed by atoms with Crippen molar-refractivity contribution in [1.29, 1.82) is 0 Å². The fraction of sp³-hybridized carbons (Fsp3) is 0.429. The van der Waals surface area contributed by atoms with Crippen molar-refractivity contribution in [3.8, 4) is 11.5 Å². The largest absolute Gasteiger partial charge is 0.508 e. The Hall–Kier alpha value is -1.69. The Morgan fingerprint density at radius 2 is 1.88 bits per heavy atom. The van der Waals surface area contributed by atoms with Crippen molar-refractivity contribution in [2.24, 2.45) is 0 Å². The molecule has 2 aromatic carbocycles. The number of hydrogen-bond acceptors (Lipinski definition) is 5. The number of aliphatic hydroxyl groups is 2. The minimum atomic E-state index is -0.441. The van der Waals surface area contributed by atoms with Gasteiger partial charge in [0.15, 0.2) is 0 Å². The molecule has 1 aliphatic rings. The number of benzene rings is 2. The average Bonchev–Trinajstić information content (AvgIpc) is 2.64. The lowest BCUT2D eigenvalue weighted by molar-refractivity contribution is 0.137. The molecule has 1 heterocycles. The number of rotatable bonds is 5. The molecule has 0 radical (unpaired) electrons. The van der Waals surface area contributed by atoms with Gasteiger partial charge in [-0.25, -0.2) is 0 Å². The quantitative estimate of drug-likeness (QED) is 0.746. The van der Waals surface area contributed by atoms with E-state index in [4.69, 9.17) is 4.74 Å². The lowest BCUT2D eigenvalue weighted by Gasteiger charge is -2.32. The van der Waals surface area contributed by atoms with Gasteiger partial charge in [0.05, 0.1) is 19.8 Å². The maximum atomic E-state index is 10.5. The molecule has 3 N–H and O–H groups in total. The van der Waals surface area contributed by atoms with Crippen LogP contribution < -0.4 is 4.74 Å². The average molecular weight is 375 g/mol. The lowest BCUT2D eigenvalue weighted by Crippen LogP contribution is -2.26. The molecule has 3 atom stereocenters. The third-order valence-electron chi connectivity index (χ3n) is 4.97. The third-order valence-corrected chi connectivity index (χ3v) is 6.47. The summed E-state index contributed by atoms with van der Waals surface area (Å²) in [6.45, 7) is 2.05. The van der Waals surface area contributed by atoms with Gasteiger partial charge in [0.2, 0.25) is 0 Å². The Kier molecular flexibility index (Phi) is 6.12. The van der Waals surface area contributed by atoms with Gasteiger partial charge in [-0.1, -0.05) is 18.2 Å². The molecule has 3 rings (SSSR count). The van der Waals surface area contributed by atoms with Crippen LogP contribution in [0.1, 0.15) is 40.3 Å². The number of aromatic hydroxyl groups is 1. The molecule has 0 amide bonds. The van der Waals surface area contributed by atoms with Gasteiger partial charge in [-0.2, -0.15) is 0 Å². The number of thioether (sulfide) groups is 1.